The van der Waals surface area contributed by atoms with Gasteiger partial charge in [0, 0.05) is 34.2 Å². The lowest BCUT2D eigenvalue weighted by Crippen LogP contribution is -2.50. The standard InChI is InChI=1S/C6H11FINO2S/c7-4-1-2-10-5(6(4)9)3-11-12-8/h4-6H,1-3,9H2. The SMILES string of the molecule is NC1C(F)CCOC1COSI. The minimum absolute atomic E-state index is 0.295. The van der Waals surface area contributed by atoms with Crippen LogP contribution in [0.15, 0.2) is 0 Å². The molecule has 0 spiro atoms. The summed E-state index contributed by atoms with van der Waals surface area (Å²) in [6.45, 7) is 0.796. The molecule has 2 N–H and O–H groups in total. The number of halogens is 2. The summed E-state index contributed by atoms with van der Waals surface area (Å²) in [5.41, 5.74) is 5.57. The molecule has 1 fully saturated rings. The maximum absolute atomic E-state index is 13.0. The Morgan fingerprint density at radius 3 is 3.17 bits per heavy atom. The van der Waals surface area contributed by atoms with Gasteiger partial charge in [0.2, 0.25) is 0 Å². The van der Waals surface area contributed by atoms with Crippen molar-refractivity contribution in [2.45, 2.75) is 24.7 Å². The molecule has 1 rings (SSSR count). The molecule has 0 radical (unpaired) electrons. The van der Waals surface area contributed by atoms with E-state index in [1.807, 2.05) is 21.2 Å². The summed E-state index contributed by atoms with van der Waals surface area (Å²) in [6.07, 6.45) is -0.850. The van der Waals surface area contributed by atoms with Crippen molar-refractivity contribution in [3.63, 3.8) is 0 Å². The number of nitrogens with two attached hydrogens (primary N) is 1. The second-order valence-electron chi connectivity index (χ2n) is 2.64. The van der Waals surface area contributed by atoms with Gasteiger partial charge in [0.25, 0.3) is 0 Å². The number of hydrogen-bond donors (Lipinski definition) is 1. The zero-order chi connectivity index (χ0) is 8.97. The third kappa shape index (κ3) is 2.99. The molecule has 0 aromatic carbocycles. The third-order valence-electron chi connectivity index (χ3n) is 1.85. The topological polar surface area (TPSA) is 44.5 Å². The van der Waals surface area contributed by atoms with Crippen molar-refractivity contribution in [1.82, 2.24) is 0 Å². The molecule has 0 bridgehead atoms. The summed E-state index contributed by atoms with van der Waals surface area (Å²) >= 11 is 2.00. The number of alkyl halides is 1. The van der Waals surface area contributed by atoms with Gasteiger partial charge in [0.15, 0.2) is 0 Å². The Kier molecular flexibility index (Phi) is 5.10. The van der Waals surface area contributed by atoms with E-state index in [4.69, 9.17) is 14.7 Å². The van der Waals surface area contributed by atoms with Crippen LogP contribution >= 0.6 is 30.4 Å². The van der Waals surface area contributed by atoms with Crippen molar-refractivity contribution in [2.24, 2.45) is 5.73 Å². The first-order valence-electron chi connectivity index (χ1n) is 3.67. The van der Waals surface area contributed by atoms with Crippen molar-refractivity contribution in [3.8, 4) is 0 Å². The molecule has 3 nitrogen and oxygen atoms in total. The van der Waals surface area contributed by atoms with Crippen LogP contribution in [0.1, 0.15) is 6.42 Å². The third-order valence-corrected chi connectivity index (χ3v) is 2.84. The monoisotopic (exact) mass is 307 g/mol. The molecule has 0 aromatic heterocycles. The first kappa shape index (κ1) is 11.0. The molecule has 3 unspecified atom stereocenters. The van der Waals surface area contributed by atoms with Crippen LogP contribution < -0.4 is 5.73 Å². The van der Waals surface area contributed by atoms with Gasteiger partial charge in [0.05, 0.1) is 28.0 Å². The van der Waals surface area contributed by atoms with Gasteiger partial charge >= 0.3 is 0 Å². The van der Waals surface area contributed by atoms with Crippen molar-refractivity contribution in [3.05, 3.63) is 0 Å². The molecule has 1 heterocycles. The summed E-state index contributed by atoms with van der Waals surface area (Å²) in [5, 5.41) is 0. The fraction of sp³-hybridized carbons (Fsp3) is 1.00. The molecule has 6 heteroatoms. The van der Waals surface area contributed by atoms with Crippen LogP contribution in [-0.4, -0.2) is 31.5 Å². The van der Waals surface area contributed by atoms with Crippen LogP contribution in [0, 0.1) is 0 Å². The van der Waals surface area contributed by atoms with Crippen LogP contribution in [0.5, 0.6) is 0 Å². The van der Waals surface area contributed by atoms with Crippen molar-refractivity contribution in [2.75, 3.05) is 13.2 Å². The average molecular weight is 307 g/mol. The molecular formula is C6H11FINO2S. The number of ether oxygens (including phenoxy) is 1. The lowest BCUT2D eigenvalue weighted by molar-refractivity contribution is -0.0508. The summed E-state index contributed by atoms with van der Waals surface area (Å²) in [7, 11) is 1.21. The van der Waals surface area contributed by atoms with Gasteiger partial charge in [-0.2, -0.15) is 0 Å². The summed E-state index contributed by atoms with van der Waals surface area (Å²) < 4.78 is 23.3. The maximum Gasteiger partial charge on any atom is 0.120 e. The quantitative estimate of drug-likeness (QED) is 0.633. The Balaban J connectivity index is 2.30. The van der Waals surface area contributed by atoms with Crippen molar-refractivity contribution >= 4 is 30.4 Å². The largest absolute Gasteiger partial charge is 0.374 e. The van der Waals surface area contributed by atoms with E-state index in [-0.39, 0.29) is 6.10 Å². The Labute approximate surface area is 87.3 Å². The zero-order valence-electron chi connectivity index (χ0n) is 6.41. The molecule has 0 aliphatic carbocycles. The predicted octanol–water partition coefficient (Wildman–Crippen LogP) is 1.46. The molecule has 0 amide bonds. The van der Waals surface area contributed by atoms with E-state index in [1.54, 1.807) is 0 Å². The Morgan fingerprint density at radius 2 is 2.50 bits per heavy atom. The molecule has 0 aromatic rings. The molecule has 0 saturated carbocycles. The minimum atomic E-state index is -0.952. The Bertz CT molecular complexity index is 143. The summed E-state index contributed by atoms with van der Waals surface area (Å²) in [6, 6.07) is -0.540. The van der Waals surface area contributed by atoms with Gasteiger partial charge < -0.3 is 14.7 Å². The van der Waals surface area contributed by atoms with Gasteiger partial charge in [-0.3, -0.25) is 0 Å². The van der Waals surface area contributed by atoms with E-state index in [1.165, 1.54) is 9.21 Å². The van der Waals surface area contributed by atoms with E-state index >= 15 is 0 Å². The molecule has 12 heavy (non-hydrogen) atoms. The molecule has 72 valence electrons. The number of hydrogen-bond acceptors (Lipinski definition) is 4. The van der Waals surface area contributed by atoms with E-state index in [9.17, 15) is 4.39 Å². The smallest absolute Gasteiger partial charge is 0.120 e. The van der Waals surface area contributed by atoms with Gasteiger partial charge in [-0.05, 0) is 0 Å². The van der Waals surface area contributed by atoms with Crippen molar-refractivity contribution in [1.29, 1.82) is 0 Å². The second-order valence-corrected chi connectivity index (χ2v) is 4.08. The highest BCUT2D eigenvalue weighted by Gasteiger charge is 2.31. The fourth-order valence-electron chi connectivity index (χ4n) is 1.12. The highest BCUT2D eigenvalue weighted by molar-refractivity contribution is 14.2. The molecular weight excluding hydrogens is 296 g/mol. The first-order valence-corrected chi connectivity index (χ1v) is 6.95. The second kappa shape index (κ2) is 5.58. The Morgan fingerprint density at radius 1 is 1.75 bits per heavy atom. The molecule has 1 aliphatic rings. The van der Waals surface area contributed by atoms with E-state index in [2.05, 4.69) is 0 Å². The summed E-state index contributed by atoms with van der Waals surface area (Å²) in [4.78, 5) is 0. The van der Waals surface area contributed by atoms with Crippen LogP contribution in [0.2, 0.25) is 0 Å². The van der Waals surface area contributed by atoms with Crippen LogP contribution in [0.25, 0.3) is 0 Å². The van der Waals surface area contributed by atoms with Crippen LogP contribution in [0.4, 0.5) is 4.39 Å². The van der Waals surface area contributed by atoms with Crippen LogP contribution in [0.3, 0.4) is 0 Å². The predicted molar refractivity (Wildman–Crippen MR) is 54.8 cm³/mol. The van der Waals surface area contributed by atoms with E-state index in [0.717, 1.165) is 0 Å². The van der Waals surface area contributed by atoms with Gasteiger partial charge in [-0.15, -0.1) is 0 Å². The number of rotatable bonds is 3. The van der Waals surface area contributed by atoms with Gasteiger partial charge in [0.1, 0.15) is 6.17 Å². The molecule has 1 saturated heterocycles. The fourth-order valence-corrected chi connectivity index (χ4v) is 1.75. The minimum Gasteiger partial charge on any atom is -0.374 e. The van der Waals surface area contributed by atoms with E-state index in [0.29, 0.717) is 19.6 Å². The van der Waals surface area contributed by atoms with Gasteiger partial charge in [-0.1, -0.05) is 0 Å². The Hall–Kier alpha value is 0.890. The lowest BCUT2D eigenvalue weighted by atomic mass is 10.0. The normalized spacial score (nSPS) is 36.8. The highest BCUT2D eigenvalue weighted by atomic mass is 127. The van der Waals surface area contributed by atoms with E-state index < -0.39 is 12.2 Å². The molecule has 1 aliphatic heterocycles. The maximum atomic E-state index is 13.0. The molecule has 3 atom stereocenters. The summed E-state index contributed by atoms with van der Waals surface area (Å²) in [5.74, 6) is 0. The van der Waals surface area contributed by atoms with Gasteiger partial charge in [-0.25, -0.2) is 4.39 Å². The zero-order valence-corrected chi connectivity index (χ0v) is 9.39. The van der Waals surface area contributed by atoms with Crippen molar-refractivity contribution < 1.29 is 13.3 Å². The lowest BCUT2D eigenvalue weighted by Gasteiger charge is -2.30. The highest BCUT2D eigenvalue weighted by Crippen LogP contribution is 2.19. The van der Waals surface area contributed by atoms with Crippen LogP contribution in [-0.2, 0) is 8.92 Å². The first-order chi connectivity index (χ1) is 5.75. The average Bonchev–Trinajstić information content (AvgIpc) is 2.08.